The van der Waals surface area contributed by atoms with Crippen LogP contribution in [0.5, 0.6) is 11.5 Å². The summed E-state index contributed by atoms with van der Waals surface area (Å²) < 4.78 is 15.7. The fraction of sp³-hybridized carbons (Fsp3) is 0.304. The highest BCUT2D eigenvalue weighted by Gasteiger charge is 2.18. The number of hydrogen-bond acceptors (Lipinski definition) is 5. The molecule has 0 aromatic heterocycles. The topological polar surface area (TPSA) is 73.9 Å². The summed E-state index contributed by atoms with van der Waals surface area (Å²) >= 11 is 0. The monoisotopic (exact) mass is 397 g/mol. The maximum Gasteiger partial charge on any atom is 0.354 e. The van der Waals surface area contributed by atoms with Crippen molar-refractivity contribution in [2.24, 2.45) is 5.92 Å². The molecule has 2 rings (SSSR count). The minimum absolute atomic E-state index is 0.0508. The first-order valence-electron chi connectivity index (χ1n) is 9.41. The molecule has 0 aliphatic rings. The van der Waals surface area contributed by atoms with Gasteiger partial charge in [-0.05, 0) is 48.2 Å². The Hall–Kier alpha value is -3.28. The Morgan fingerprint density at radius 2 is 1.69 bits per heavy atom. The summed E-state index contributed by atoms with van der Waals surface area (Å²) in [6.07, 6.45) is 2.31. The van der Waals surface area contributed by atoms with Gasteiger partial charge >= 0.3 is 5.97 Å². The molecule has 0 saturated carbocycles. The van der Waals surface area contributed by atoms with Crippen molar-refractivity contribution >= 4 is 18.0 Å². The zero-order chi connectivity index (χ0) is 21.2. The van der Waals surface area contributed by atoms with Gasteiger partial charge < -0.3 is 19.5 Å². The van der Waals surface area contributed by atoms with Crippen LogP contribution in [0, 0.1) is 5.92 Å². The summed E-state index contributed by atoms with van der Waals surface area (Å²) in [6, 6.07) is 13.9. The molecule has 0 atom stereocenters. The van der Waals surface area contributed by atoms with E-state index >= 15 is 0 Å². The fourth-order valence-corrected chi connectivity index (χ4v) is 2.50. The molecule has 0 unspecified atom stereocenters. The third-order valence-corrected chi connectivity index (χ3v) is 4.17. The van der Waals surface area contributed by atoms with Gasteiger partial charge in [-0.15, -0.1) is 0 Å². The molecule has 0 fully saturated rings. The first-order valence-corrected chi connectivity index (χ1v) is 9.41. The molecule has 0 radical (unpaired) electrons. The fourth-order valence-electron chi connectivity index (χ4n) is 2.50. The Morgan fingerprint density at radius 3 is 2.31 bits per heavy atom. The molecule has 0 aliphatic carbocycles. The van der Waals surface area contributed by atoms with Crippen LogP contribution < -0.4 is 14.8 Å². The number of para-hydroxylation sites is 1. The zero-order valence-corrected chi connectivity index (χ0v) is 17.2. The number of methoxy groups -OCH3 is 2. The van der Waals surface area contributed by atoms with Crippen molar-refractivity contribution in [2.75, 3.05) is 20.8 Å². The number of nitrogens with one attached hydrogen (secondary N) is 1. The first-order chi connectivity index (χ1) is 13.9. The molecule has 6 heteroatoms. The van der Waals surface area contributed by atoms with Gasteiger partial charge in [-0.2, -0.15) is 0 Å². The van der Waals surface area contributed by atoms with Crippen molar-refractivity contribution in [3.05, 3.63) is 65.4 Å². The van der Waals surface area contributed by atoms with Crippen LogP contribution in [-0.2, 0) is 9.53 Å². The molecule has 2 aromatic rings. The minimum atomic E-state index is -0.593. The van der Waals surface area contributed by atoms with Crippen LogP contribution in [0.1, 0.15) is 36.2 Å². The van der Waals surface area contributed by atoms with Crippen LogP contribution in [0.4, 0.5) is 0 Å². The van der Waals surface area contributed by atoms with E-state index in [1.807, 2.05) is 13.8 Å². The molecule has 154 valence electrons. The van der Waals surface area contributed by atoms with Crippen molar-refractivity contribution in [3.63, 3.8) is 0 Å². The molecule has 1 amide bonds. The summed E-state index contributed by atoms with van der Waals surface area (Å²) in [4.78, 5) is 25.4. The van der Waals surface area contributed by atoms with Crippen molar-refractivity contribution in [3.8, 4) is 11.5 Å². The van der Waals surface area contributed by atoms with Crippen molar-refractivity contribution in [1.82, 2.24) is 5.32 Å². The highest BCUT2D eigenvalue weighted by molar-refractivity contribution is 6.04. The van der Waals surface area contributed by atoms with E-state index < -0.39 is 11.9 Å². The van der Waals surface area contributed by atoms with E-state index in [0.717, 1.165) is 12.0 Å². The number of benzene rings is 2. The normalized spacial score (nSPS) is 11.1. The molecular weight excluding hydrogens is 370 g/mol. The largest absolute Gasteiger partial charge is 0.497 e. The van der Waals surface area contributed by atoms with Gasteiger partial charge in [0.2, 0.25) is 0 Å². The second kappa shape index (κ2) is 10.9. The smallest absolute Gasteiger partial charge is 0.354 e. The Balaban J connectivity index is 2.26. The molecule has 6 nitrogen and oxygen atoms in total. The number of carbonyl (C=O) groups is 2. The SMILES string of the molecule is COc1ccc(/C=C(/NC(=O)c2ccccc2OC)C(=O)OCCC(C)C)cc1. The number of rotatable bonds is 9. The quantitative estimate of drug-likeness (QED) is 0.510. The molecule has 0 saturated heterocycles. The van der Waals surface area contributed by atoms with Crippen LogP contribution >= 0.6 is 0 Å². The lowest BCUT2D eigenvalue weighted by Gasteiger charge is -2.13. The summed E-state index contributed by atoms with van der Waals surface area (Å²) in [5.74, 6) is 0.468. The molecule has 0 spiro atoms. The minimum Gasteiger partial charge on any atom is -0.497 e. The van der Waals surface area contributed by atoms with Crippen molar-refractivity contribution < 1.29 is 23.8 Å². The van der Waals surface area contributed by atoms with E-state index in [1.54, 1.807) is 61.7 Å². The molecular formula is C23H27NO5. The predicted octanol–water partition coefficient (Wildman–Crippen LogP) is 4.06. The van der Waals surface area contributed by atoms with Crippen LogP contribution in [0.3, 0.4) is 0 Å². The second-order valence-corrected chi connectivity index (χ2v) is 6.80. The van der Waals surface area contributed by atoms with E-state index in [2.05, 4.69) is 5.32 Å². The van der Waals surface area contributed by atoms with Gasteiger partial charge in [-0.3, -0.25) is 4.79 Å². The van der Waals surface area contributed by atoms with Gasteiger partial charge in [-0.25, -0.2) is 4.79 Å². The zero-order valence-electron chi connectivity index (χ0n) is 17.2. The van der Waals surface area contributed by atoms with Gasteiger partial charge in [0.25, 0.3) is 5.91 Å². The number of ether oxygens (including phenoxy) is 3. The molecule has 0 aliphatic heterocycles. The number of carbonyl (C=O) groups excluding carboxylic acids is 2. The van der Waals surface area contributed by atoms with Gasteiger partial charge in [-0.1, -0.05) is 38.1 Å². The van der Waals surface area contributed by atoms with Gasteiger partial charge in [0, 0.05) is 0 Å². The third kappa shape index (κ3) is 6.68. The summed E-state index contributed by atoms with van der Waals surface area (Å²) in [5.41, 5.74) is 1.10. The van der Waals surface area contributed by atoms with Crippen molar-refractivity contribution in [2.45, 2.75) is 20.3 Å². The Morgan fingerprint density at radius 1 is 1.00 bits per heavy atom. The standard InChI is InChI=1S/C23H27NO5/c1-16(2)13-14-29-23(26)20(15-17-9-11-18(27-3)12-10-17)24-22(25)19-7-5-6-8-21(19)28-4/h5-12,15-16H,13-14H2,1-4H3,(H,24,25)/b20-15+. The summed E-state index contributed by atoms with van der Waals surface area (Å²) in [7, 11) is 3.07. The van der Waals surface area contributed by atoms with E-state index in [1.165, 1.54) is 7.11 Å². The summed E-state index contributed by atoms with van der Waals surface area (Å²) in [6.45, 7) is 4.37. The maximum absolute atomic E-state index is 12.8. The molecule has 0 heterocycles. The average Bonchev–Trinajstić information content (AvgIpc) is 2.73. The lowest BCUT2D eigenvalue weighted by atomic mass is 10.1. The van der Waals surface area contributed by atoms with E-state index in [9.17, 15) is 9.59 Å². The lowest BCUT2D eigenvalue weighted by Crippen LogP contribution is -2.29. The highest BCUT2D eigenvalue weighted by Crippen LogP contribution is 2.19. The van der Waals surface area contributed by atoms with Gasteiger partial charge in [0.15, 0.2) is 0 Å². The molecule has 1 N–H and O–H groups in total. The first kappa shape index (κ1) is 22.0. The maximum atomic E-state index is 12.8. The second-order valence-electron chi connectivity index (χ2n) is 6.80. The number of amides is 1. The Kier molecular flexibility index (Phi) is 8.27. The molecule has 29 heavy (non-hydrogen) atoms. The third-order valence-electron chi connectivity index (χ3n) is 4.17. The molecule has 0 bridgehead atoms. The van der Waals surface area contributed by atoms with Crippen LogP contribution in [0.2, 0.25) is 0 Å². The van der Waals surface area contributed by atoms with E-state index in [0.29, 0.717) is 23.0 Å². The van der Waals surface area contributed by atoms with Crippen LogP contribution in [0.15, 0.2) is 54.2 Å². The Labute approximate surface area is 171 Å². The Bertz CT molecular complexity index is 856. The predicted molar refractivity (Wildman–Crippen MR) is 112 cm³/mol. The van der Waals surface area contributed by atoms with E-state index in [-0.39, 0.29) is 12.3 Å². The average molecular weight is 397 g/mol. The highest BCUT2D eigenvalue weighted by atomic mass is 16.5. The lowest BCUT2D eigenvalue weighted by molar-refractivity contribution is -0.139. The van der Waals surface area contributed by atoms with Gasteiger partial charge in [0.05, 0.1) is 26.4 Å². The van der Waals surface area contributed by atoms with Crippen molar-refractivity contribution in [1.29, 1.82) is 0 Å². The number of esters is 1. The van der Waals surface area contributed by atoms with Crippen LogP contribution in [-0.4, -0.2) is 32.7 Å². The molecule has 2 aromatic carbocycles. The number of hydrogen-bond donors (Lipinski definition) is 1. The van der Waals surface area contributed by atoms with E-state index in [4.69, 9.17) is 14.2 Å². The summed E-state index contributed by atoms with van der Waals surface area (Å²) in [5, 5.41) is 2.66. The van der Waals surface area contributed by atoms with Gasteiger partial charge in [0.1, 0.15) is 17.2 Å². The van der Waals surface area contributed by atoms with Crippen LogP contribution in [0.25, 0.3) is 6.08 Å².